The average Bonchev–Trinajstić information content (AvgIpc) is 3.69. The highest BCUT2D eigenvalue weighted by Crippen LogP contribution is 2.57. The van der Waals surface area contributed by atoms with Crippen LogP contribution in [0.5, 0.6) is 0 Å². The second-order valence-corrected chi connectivity index (χ2v) is 25.3. The molecule has 0 heterocycles. The van der Waals surface area contributed by atoms with E-state index in [1.54, 1.807) is 0 Å². The van der Waals surface area contributed by atoms with Gasteiger partial charge in [-0.25, -0.2) is 0 Å². The maximum absolute atomic E-state index is 2.51. The van der Waals surface area contributed by atoms with E-state index in [9.17, 15) is 0 Å². The molecule has 0 aliphatic heterocycles. The molecule has 1 aliphatic rings. The van der Waals surface area contributed by atoms with Crippen molar-refractivity contribution in [3.63, 3.8) is 0 Å². The van der Waals surface area contributed by atoms with Gasteiger partial charge in [0.15, 0.2) is 0 Å². The zero-order valence-corrected chi connectivity index (χ0v) is 48.4. The Hall–Kier alpha value is -6.64. The quantitative estimate of drug-likeness (QED) is 0.106. The number of fused-ring (bicyclic) bond motifs is 3. The minimum absolute atomic E-state index is 0.0181. The maximum Gasteiger partial charge on any atom is 0.0713 e. The van der Waals surface area contributed by atoms with Crippen molar-refractivity contribution in [2.75, 3.05) is 9.80 Å². The van der Waals surface area contributed by atoms with E-state index >= 15 is 0 Å². The van der Waals surface area contributed by atoms with Crippen molar-refractivity contribution in [3.05, 3.63) is 236 Å². The van der Waals surface area contributed by atoms with Gasteiger partial charge in [-0.2, -0.15) is 0 Å². The molecule has 0 bridgehead atoms. The van der Waals surface area contributed by atoms with Gasteiger partial charge in [0.05, 0.1) is 16.8 Å². The molecule has 0 aromatic heterocycles. The molecule has 0 spiro atoms. The molecule has 0 N–H and O–H groups in total. The monoisotopic (exact) mass is 989 g/mol. The predicted molar refractivity (Wildman–Crippen MR) is 325 cm³/mol. The Labute approximate surface area is 452 Å². The molecular formula is C73H84N2. The standard InChI is InChI=1S/C73H84N2/c1-17-18-19-20-21-54-24-26-56(27-25-54)73(66-42-48(2)22-40-64(66)65-41-23-49(3)43-67(65)73)57-30-34-61(35-31-57)75(69-52(6)46-59(47-53(69)7)72(14,15)16)63-38-36-62(37-39-63)74(60-32-28-55(29-33-60)70(8,9)10)68-50(4)44-58(45-51(68)5)71(11,12)13/h22-47H,17-21H2,1-16H3. The molecule has 0 saturated heterocycles. The van der Waals surface area contributed by atoms with Crippen LogP contribution in [-0.4, -0.2) is 0 Å². The highest BCUT2D eigenvalue weighted by Gasteiger charge is 2.46. The van der Waals surface area contributed by atoms with Crippen molar-refractivity contribution >= 4 is 34.1 Å². The van der Waals surface area contributed by atoms with E-state index in [1.807, 2.05) is 0 Å². The number of benzene rings is 8. The summed E-state index contributed by atoms with van der Waals surface area (Å²) in [4.78, 5) is 4.98. The van der Waals surface area contributed by atoms with Crippen LogP contribution in [0.25, 0.3) is 11.1 Å². The number of rotatable bonds is 13. The molecule has 0 fully saturated rings. The van der Waals surface area contributed by atoms with Gasteiger partial charge in [-0.3, -0.25) is 0 Å². The van der Waals surface area contributed by atoms with E-state index in [0.717, 1.165) is 29.2 Å². The molecule has 8 aromatic carbocycles. The third-order valence-corrected chi connectivity index (χ3v) is 16.2. The molecule has 9 rings (SSSR count). The van der Waals surface area contributed by atoms with Gasteiger partial charge in [0, 0.05) is 22.7 Å². The minimum Gasteiger partial charge on any atom is -0.310 e. The number of aryl methyl sites for hydroxylation is 7. The second-order valence-electron chi connectivity index (χ2n) is 25.3. The highest BCUT2D eigenvalue weighted by molar-refractivity contribution is 5.89. The van der Waals surface area contributed by atoms with Crippen LogP contribution in [0.2, 0.25) is 0 Å². The number of hydrogen-bond acceptors (Lipinski definition) is 2. The summed E-state index contributed by atoms with van der Waals surface area (Å²) in [6.07, 6.45) is 6.18. The van der Waals surface area contributed by atoms with Gasteiger partial charge in [0.2, 0.25) is 0 Å². The first-order chi connectivity index (χ1) is 35.5. The lowest BCUT2D eigenvalue weighted by molar-refractivity contribution is 0.589. The summed E-state index contributed by atoms with van der Waals surface area (Å²) in [5, 5.41) is 0. The zero-order valence-electron chi connectivity index (χ0n) is 48.4. The first kappa shape index (κ1) is 53.2. The molecule has 0 atom stereocenters. The summed E-state index contributed by atoms with van der Waals surface area (Å²) in [6, 6.07) is 61.7. The van der Waals surface area contributed by atoms with Crippen LogP contribution < -0.4 is 9.80 Å². The lowest BCUT2D eigenvalue weighted by atomic mass is 9.67. The highest BCUT2D eigenvalue weighted by atomic mass is 15.2. The van der Waals surface area contributed by atoms with Crippen molar-refractivity contribution < 1.29 is 0 Å². The predicted octanol–water partition coefficient (Wildman–Crippen LogP) is 20.9. The molecule has 0 unspecified atom stereocenters. The van der Waals surface area contributed by atoms with Gasteiger partial charge < -0.3 is 9.80 Å². The van der Waals surface area contributed by atoms with Crippen molar-refractivity contribution in [1.29, 1.82) is 0 Å². The molecule has 8 aromatic rings. The van der Waals surface area contributed by atoms with E-state index in [-0.39, 0.29) is 16.2 Å². The van der Waals surface area contributed by atoms with Crippen molar-refractivity contribution in [1.82, 2.24) is 0 Å². The van der Waals surface area contributed by atoms with Crippen molar-refractivity contribution in [3.8, 4) is 11.1 Å². The Bertz CT molecular complexity index is 3230. The summed E-state index contributed by atoms with van der Waals surface area (Å²) in [6.45, 7) is 36.7. The fraction of sp³-hybridized carbons (Fsp3) is 0.342. The van der Waals surface area contributed by atoms with Crippen LogP contribution in [0, 0.1) is 41.5 Å². The number of unbranched alkanes of at least 4 members (excludes halogenated alkanes) is 3. The van der Waals surface area contributed by atoms with E-state index in [1.165, 1.54) is 126 Å². The summed E-state index contributed by atoms with van der Waals surface area (Å²) in [5.41, 5.74) is 27.6. The van der Waals surface area contributed by atoms with Crippen LogP contribution in [-0.2, 0) is 28.1 Å². The Kier molecular flexibility index (Phi) is 14.5. The van der Waals surface area contributed by atoms with Crippen LogP contribution >= 0.6 is 0 Å². The molecule has 386 valence electrons. The summed E-state index contributed by atoms with van der Waals surface area (Å²) in [5.74, 6) is 0. The molecule has 0 saturated carbocycles. The van der Waals surface area contributed by atoms with Gasteiger partial charge in [0.1, 0.15) is 0 Å². The zero-order chi connectivity index (χ0) is 53.8. The van der Waals surface area contributed by atoms with E-state index in [0.29, 0.717) is 0 Å². The van der Waals surface area contributed by atoms with Gasteiger partial charge in [-0.05, 0) is 197 Å². The normalized spacial score (nSPS) is 13.2. The summed E-state index contributed by atoms with van der Waals surface area (Å²) < 4.78 is 0. The fourth-order valence-corrected chi connectivity index (χ4v) is 12.0. The topological polar surface area (TPSA) is 6.48 Å². The fourth-order valence-electron chi connectivity index (χ4n) is 12.0. The maximum atomic E-state index is 2.51. The van der Waals surface area contributed by atoms with Crippen LogP contribution in [0.3, 0.4) is 0 Å². The number of hydrogen-bond donors (Lipinski definition) is 0. The molecular weight excluding hydrogens is 905 g/mol. The molecule has 0 amide bonds. The number of nitrogens with zero attached hydrogens (tertiary/aromatic N) is 2. The Morgan fingerprint density at radius 3 is 1.07 bits per heavy atom. The smallest absolute Gasteiger partial charge is 0.0713 e. The van der Waals surface area contributed by atoms with Gasteiger partial charge in [0.25, 0.3) is 0 Å². The lowest BCUT2D eigenvalue weighted by Crippen LogP contribution is -2.29. The largest absolute Gasteiger partial charge is 0.310 e. The third kappa shape index (κ3) is 10.3. The summed E-state index contributed by atoms with van der Waals surface area (Å²) in [7, 11) is 0. The third-order valence-electron chi connectivity index (χ3n) is 16.2. The molecule has 2 nitrogen and oxygen atoms in total. The van der Waals surface area contributed by atoms with Gasteiger partial charge >= 0.3 is 0 Å². The average molecular weight is 989 g/mol. The summed E-state index contributed by atoms with van der Waals surface area (Å²) >= 11 is 0. The Balaban J connectivity index is 1.21. The Morgan fingerprint density at radius 1 is 0.360 bits per heavy atom. The molecule has 2 heteroatoms. The van der Waals surface area contributed by atoms with E-state index in [4.69, 9.17) is 0 Å². The Morgan fingerprint density at radius 2 is 0.707 bits per heavy atom. The number of anilines is 6. The van der Waals surface area contributed by atoms with Crippen LogP contribution in [0.15, 0.2) is 158 Å². The van der Waals surface area contributed by atoms with Gasteiger partial charge in [-0.1, -0.05) is 209 Å². The van der Waals surface area contributed by atoms with Crippen LogP contribution in [0.1, 0.15) is 173 Å². The lowest BCUT2D eigenvalue weighted by Gasteiger charge is -2.35. The SMILES string of the molecule is CCCCCCc1ccc(C2(c3ccc(N(c4ccc(N(c5ccc(C(C)(C)C)cc5)c5c(C)cc(C(C)(C)C)cc5C)cc4)c4c(C)cc(C(C)(C)C)cc4C)cc3)c3cc(C)ccc3-c3ccc(C)cc32)cc1. The minimum atomic E-state index is -0.496. The van der Waals surface area contributed by atoms with Crippen molar-refractivity contribution in [2.45, 2.75) is 165 Å². The molecule has 75 heavy (non-hydrogen) atoms. The van der Waals surface area contributed by atoms with Crippen LogP contribution in [0.4, 0.5) is 34.1 Å². The van der Waals surface area contributed by atoms with E-state index < -0.39 is 5.41 Å². The van der Waals surface area contributed by atoms with Crippen molar-refractivity contribution in [2.24, 2.45) is 0 Å². The molecule has 1 aliphatic carbocycles. The van der Waals surface area contributed by atoms with E-state index in [2.05, 4.69) is 278 Å². The van der Waals surface area contributed by atoms with Gasteiger partial charge in [-0.15, -0.1) is 0 Å². The molecule has 0 radical (unpaired) electrons. The first-order valence-corrected chi connectivity index (χ1v) is 28.0. The first-order valence-electron chi connectivity index (χ1n) is 28.0. The second kappa shape index (κ2) is 20.5.